The molecular formula is C7H6N4O. The molecule has 5 heteroatoms. The second-order valence-electron chi connectivity index (χ2n) is 2.25. The topological polar surface area (TPSA) is 74.2 Å². The Bertz CT molecular complexity index is 420. The van der Waals surface area contributed by atoms with Gasteiger partial charge in [-0.05, 0) is 6.07 Å². The van der Waals surface area contributed by atoms with E-state index in [1.165, 1.54) is 12.4 Å². The van der Waals surface area contributed by atoms with Crippen LogP contribution in [0.25, 0.3) is 11.2 Å². The average molecular weight is 162 g/mol. The molecule has 0 saturated heterocycles. The number of nitrogens with one attached hydrogen (secondary N) is 1. The molecule has 60 valence electrons. The van der Waals surface area contributed by atoms with Crippen molar-refractivity contribution >= 4 is 17.4 Å². The summed E-state index contributed by atoms with van der Waals surface area (Å²) in [6.45, 7) is 0. The van der Waals surface area contributed by atoms with E-state index in [1.54, 1.807) is 12.3 Å². The van der Waals surface area contributed by atoms with Crippen LogP contribution in [0.3, 0.4) is 0 Å². The monoisotopic (exact) mass is 162 g/mol. The predicted octanol–water partition coefficient (Wildman–Crippen LogP) is 0.766. The van der Waals surface area contributed by atoms with Gasteiger partial charge in [-0.15, -0.1) is 0 Å². The molecule has 0 spiro atoms. The molecule has 0 aliphatic carbocycles. The van der Waals surface area contributed by atoms with Crippen molar-refractivity contribution in [2.24, 2.45) is 5.16 Å². The highest BCUT2D eigenvalue weighted by molar-refractivity contribution is 5.80. The first kappa shape index (κ1) is 6.78. The zero-order chi connectivity index (χ0) is 8.39. The molecule has 0 aromatic carbocycles. The standard InChI is InChI=1S/C7H6N4O/c12-10-4-5-3-9-7-6(11-5)1-2-8-7/h1-4,12H,(H,8,9). The van der Waals surface area contributed by atoms with E-state index in [4.69, 9.17) is 5.21 Å². The number of hydrogen-bond donors (Lipinski definition) is 2. The Morgan fingerprint density at radius 3 is 3.33 bits per heavy atom. The Morgan fingerprint density at radius 2 is 2.50 bits per heavy atom. The van der Waals surface area contributed by atoms with Crippen molar-refractivity contribution in [3.63, 3.8) is 0 Å². The predicted molar refractivity (Wildman–Crippen MR) is 43.3 cm³/mol. The second-order valence-corrected chi connectivity index (χ2v) is 2.25. The zero-order valence-corrected chi connectivity index (χ0v) is 6.10. The lowest BCUT2D eigenvalue weighted by Crippen LogP contribution is -1.89. The summed E-state index contributed by atoms with van der Waals surface area (Å²) in [6, 6.07) is 1.80. The Morgan fingerprint density at radius 1 is 1.58 bits per heavy atom. The van der Waals surface area contributed by atoms with Crippen molar-refractivity contribution in [2.45, 2.75) is 0 Å². The molecule has 12 heavy (non-hydrogen) atoms. The van der Waals surface area contributed by atoms with Gasteiger partial charge in [0.2, 0.25) is 0 Å². The average Bonchev–Trinajstić information content (AvgIpc) is 2.51. The van der Waals surface area contributed by atoms with Crippen molar-refractivity contribution in [2.75, 3.05) is 0 Å². The first-order valence-electron chi connectivity index (χ1n) is 3.38. The third-order valence-corrected chi connectivity index (χ3v) is 1.47. The van der Waals surface area contributed by atoms with Crippen LogP contribution in [0.5, 0.6) is 0 Å². The van der Waals surface area contributed by atoms with E-state index >= 15 is 0 Å². The number of hydrogen-bond acceptors (Lipinski definition) is 4. The van der Waals surface area contributed by atoms with E-state index in [0.29, 0.717) is 5.69 Å². The summed E-state index contributed by atoms with van der Waals surface area (Å²) < 4.78 is 0. The molecule has 0 saturated carbocycles. The Hall–Kier alpha value is -1.91. The van der Waals surface area contributed by atoms with E-state index in [-0.39, 0.29) is 0 Å². The first-order chi connectivity index (χ1) is 5.90. The highest BCUT2D eigenvalue weighted by Crippen LogP contribution is 2.04. The van der Waals surface area contributed by atoms with Crippen LogP contribution >= 0.6 is 0 Å². The summed E-state index contributed by atoms with van der Waals surface area (Å²) in [4.78, 5) is 11.1. The van der Waals surface area contributed by atoms with Crippen molar-refractivity contribution in [3.05, 3.63) is 24.2 Å². The van der Waals surface area contributed by atoms with Crippen molar-refractivity contribution < 1.29 is 5.21 Å². The van der Waals surface area contributed by atoms with E-state index in [1.807, 2.05) is 0 Å². The largest absolute Gasteiger partial charge is 0.411 e. The van der Waals surface area contributed by atoms with Crippen molar-refractivity contribution in [1.82, 2.24) is 15.0 Å². The summed E-state index contributed by atoms with van der Waals surface area (Å²) in [7, 11) is 0. The summed E-state index contributed by atoms with van der Waals surface area (Å²) in [6.07, 6.45) is 4.52. The summed E-state index contributed by atoms with van der Waals surface area (Å²) >= 11 is 0. The number of H-pyrrole nitrogens is 1. The third-order valence-electron chi connectivity index (χ3n) is 1.47. The molecule has 2 N–H and O–H groups in total. The molecule has 0 unspecified atom stereocenters. The molecule has 0 fully saturated rings. The molecule has 0 radical (unpaired) electrons. The van der Waals surface area contributed by atoms with Gasteiger partial charge in [-0.1, -0.05) is 5.16 Å². The minimum atomic E-state index is 0.532. The maximum atomic E-state index is 8.24. The van der Waals surface area contributed by atoms with Crippen LogP contribution in [0, 0.1) is 0 Å². The van der Waals surface area contributed by atoms with Gasteiger partial charge in [0, 0.05) is 6.20 Å². The van der Waals surface area contributed by atoms with Gasteiger partial charge in [-0.2, -0.15) is 0 Å². The molecule has 2 rings (SSSR count). The molecule has 0 bridgehead atoms. The lowest BCUT2D eigenvalue weighted by molar-refractivity contribution is 0.321. The van der Waals surface area contributed by atoms with Gasteiger partial charge < -0.3 is 10.2 Å². The van der Waals surface area contributed by atoms with Gasteiger partial charge in [0.25, 0.3) is 0 Å². The van der Waals surface area contributed by atoms with Crippen LogP contribution < -0.4 is 0 Å². The Labute approximate surface area is 67.8 Å². The van der Waals surface area contributed by atoms with Gasteiger partial charge >= 0.3 is 0 Å². The number of nitrogens with zero attached hydrogens (tertiary/aromatic N) is 3. The fraction of sp³-hybridized carbons (Fsp3) is 0. The van der Waals surface area contributed by atoms with Crippen LogP contribution in [0.15, 0.2) is 23.6 Å². The summed E-state index contributed by atoms with van der Waals surface area (Å²) in [5.41, 5.74) is 2.02. The Balaban J connectivity index is 2.60. The fourth-order valence-corrected chi connectivity index (χ4v) is 0.966. The number of fused-ring (bicyclic) bond motifs is 1. The van der Waals surface area contributed by atoms with Gasteiger partial charge in [0.05, 0.1) is 12.4 Å². The Kier molecular flexibility index (Phi) is 1.48. The fourth-order valence-electron chi connectivity index (χ4n) is 0.966. The molecular weight excluding hydrogens is 156 g/mol. The highest BCUT2D eigenvalue weighted by atomic mass is 16.4. The number of aromatic nitrogens is 3. The molecule has 0 aliphatic heterocycles. The van der Waals surface area contributed by atoms with E-state index in [2.05, 4.69) is 20.1 Å². The van der Waals surface area contributed by atoms with Gasteiger partial charge in [-0.3, -0.25) is 0 Å². The lowest BCUT2D eigenvalue weighted by atomic mass is 10.4. The minimum Gasteiger partial charge on any atom is -0.411 e. The van der Waals surface area contributed by atoms with E-state index < -0.39 is 0 Å². The van der Waals surface area contributed by atoms with Gasteiger partial charge in [0.15, 0.2) is 5.65 Å². The number of oxime groups is 1. The van der Waals surface area contributed by atoms with Crippen LogP contribution in [-0.4, -0.2) is 26.4 Å². The SMILES string of the molecule is ON=Cc1cnc2[nH]ccc2n1. The lowest BCUT2D eigenvalue weighted by Gasteiger charge is -1.89. The van der Waals surface area contributed by atoms with Crippen molar-refractivity contribution in [1.29, 1.82) is 0 Å². The minimum absolute atomic E-state index is 0.532. The molecule has 0 atom stereocenters. The van der Waals surface area contributed by atoms with E-state index in [0.717, 1.165) is 11.2 Å². The summed E-state index contributed by atoms with van der Waals surface area (Å²) in [5.74, 6) is 0. The molecule has 2 heterocycles. The van der Waals surface area contributed by atoms with Crippen LogP contribution in [0.2, 0.25) is 0 Å². The van der Waals surface area contributed by atoms with Gasteiger partial charge in [0.1, 0.15) is 11.2 Å². The van der Waals surface area contributed by atoms with Crippen LogP contribution in [0.4, 0.5) is 0 Å². The molecule has 0 aliphatic rings. The molecule has 5 nitrogen and oxygen atoms in total. The van der Waals surface area contributed by atoms with Crippen LogP contribution in [0.1, 0.15) is 5.69 Å². The molecule has 0 amide bonds. The smallest absolute Gasteiger partial charge is 0.156 e. The van der Waals surface area contributed by atoms with E-state index in [9.17, 15) is 0 Å². The second kappa shape index (κ2) is 2.61. The normalized spacial score (nSPS) is 11.3. The van der Waals surface area contributed by atoms with Gasteiger partial charge in [-0.25, -0.2) is 9.97 Å². The third kappa shape index (κ3) is 1.01. The molecule has 2 aromatic heterocycles. The van der Waals surface area contributed by atoms with Crippen molar-refractivity contribution in [3.8, 4) is 0 Å². The highest BCUT2D eigenvalue weighted by Gasteiger charge is 1.96. The number of aromatic amines is 1. The van der Waals surface area contributed by atoms with Crippen LogP contribution in [-0.2, 0) is 0 Å². The first-order valence-corrected chi connectivity index (χ1v) is 3.38. The maximum Gasteiger partial charge on any atom is 0.156 e. The number of rotatable bonds is 1. The summed E-state index contributed by atoms with van der Waals surface area (Å²) in [5, 5.41) is 11.1. The quantitative estimate of drug-likeness (QED) is 0.369. The molecule has 2 aromatic rings. The maximum absolute atomic E-state index is 8.24. The zero-order valence-electron chi connectivity index (χ0n) is 6.10.